The van der Waals surface area contributed by atoms with E-state index in [4.69, 9.17) is 16.3 Å². The number of hydrogen-bond donors (Lipinski definition) is 1. The second kappa shape index (κ2) is 9.10. The van der Waals surface area contributed by atoms with Crippen molar-refractivity contribution < 1.29 is 17.9 Å². The molecule has 0 saturated carbocycles. The number of hydrogen-bond acceptors (Lipinski definition) is 4. The number of nitrogens with zero attached hydrogens (tertiary/aromatic N) is 1. The molecule has 0 heterocycles. The van der Waals surface area contributed by atoms with Crippen LogP contribution in [0.1, 0.15) is 12.5 Å². The highest BCUT2D eigenvalue weighted by atomic mass is 35.5. The maximum absolute atomic E-state index is 12.4. The van der Waals surface area contributed by atoms with Crippen molar-refractivity contribution in [3.05, 3.63) is 59.1 Å². The van der Waals surface area contributed by atoms with Crippen LogP contribution in [0.25, 0.3) is 0 Å². The SMILES string of the molecule is Cc1ccc(N(C(C)C(=O)NCCOc2ccc(Cl)cc2)S(C)(=O)=O)cc1. The first kappa shape index (κ1) is 21.1. The van der Waals surface area contributed by atoms with Gasteiger partial charge in [-0.25, -0.2) is 8.42 Å². The van der Waals surface area contributed by atoms with E-state index in [0.29, 0.717) is 16.5 Å². The molecule has 1 atom stereocenters. The molecule has 0 aromatic heterocycles. The average molecular weight is 411 g/mol. The summed E-state index contributed by atoms with van der Waals surface area (Å²) in [5.41, 5.74) is 1.45. The molecule has 0 aliphatic heterocycles. The van der Waals surface area contributed by atoms with E-state index in [1.165, 1.54) is 0 Å². The van der Waals surface area contributed by atoms with Gasteiger partial charge in [0.2, 0.25) is 15.9 Å². The minimum absolute atomic E-state index is 0.247. The van der Waals surface area contributed by atoms with E-state index >= 15 is 0 Å². The van der Waals surface area contributed by atoms with Gasteiger partial charge in [-0.3, -0.25) is 9.10 Å². The standard InChI is InChI=1S/C19H23ClN2O4S/c1-14-4-8-17(9-5-14)22(27(3,24)25)15(2)19(23)21-12-13-26-18-10-6-16(20)7-11-18/h4-11,15H,12-13H2,1-3H3,(H,21,23). The van der Waals surface area contributed by atoms with Crippen LogP contribution in [0.15, 0.2) is 48.5 Å². The summed E-state index contributed by atoms with van der Waals surface area (Å²) >= 11 is 5.81. The molecule has 27 heavy (non-hydrogen) atoms. The highest BCUT2D eigenvalue weighted by molar-refractivity contribution is 7.92. The molecule has 0 radical (unpaired) electrons. The first-order chi connectivity index (χ1) is 12.7. The van der Waals surface area contributed by atoms with Crippen molar-refractivity contribution in [1.29, 1.82) is 0 Å². The first-order valence-electron chi connectivity index (χ1n) is 8.40. The summed E-state index contributed by atoms with van der Waals surface area (Å²) in [6.45, 7) is 3.96. The van der Waals surface area contributed by atoms with Crippen LogP contribution in [0, 0.1) is 6.92 Å². The maximum Gasteiger partial charge on any atom is 0.243 e. The Morgan fingerprint density at radius 1 is 1.15 bits per heavy atom. The van der Waals surface area contributed by atoms with Crippen molar-refractivity contribution >= 4 is 33.2 Å². The molecule has 2 aromatic rings. The largest absolute Gasteiger partial charge is 0.492 e. The summed E-state index contributed by atoms with van der Waals surface area (Å²) in [6, 6.07) is 13.0. The van der Waals surface area contributed by atoms with Gasteiger partial charge >= 0.3 is 0 Å². The topological polar surface area (TPSA) is 75.7 Å². The summed E-state index contributed by atoms with van der Waals surface area (Å²) in [7, 11) is -3.62. The molecule has 1 amide bonds. The number of benzene rings is 2. The highest BCUT2D eigenvalue weighted by Gasteiger charge is 2.28. The average Bonchev–Trinajstić information content (AvgIpc) is 2.60. The summed E-state index contributed by atoms with van der Waals surface area (Å²) in [5, 5.41) is 3.31. The van der Waals surface area contributed by atoms with Crippen LogP contribution in [0.2, 0.25) is 5.02 Å². The number of nitrogens with one attached hydrogen (secondary N) is 1. The molecule has 0 aliphatic rings. The zero-order valence-electron chi connectivity index (χ0n) is 15.5. The number of rotatable bonds is 8. The predicted octanol–water partition coefficient (Wildman–Crippen LogP) is 3.00. The second-order valence-electron chi connectivity index (χ2n) is 6.16. The highest BCUT2D eigenvalue weighted by Crippen LogP contribution is 2.21. The summed E-state index contributed by atoms with van der Waals surface area (Å²) in [5.74, 6) is 0.236. The van der Waals surface area contributed by atoms with E-state index in [1.54, 1.807) is 55.5 Å². The van der Waals surface area contributed by atoms with Gasteiger partial charge in [0.05, 0.1) is 18.5 Å². The molecule has 146 valence electrons. The van der Waals surface area contributed by atoms with E-state index in [1.807, 2.05) is 6.92 Å². The summed E-state index contributed by atoms with van der Waals surface area (Å²) in [4.78, 5) is 12.4. The monoisotopic (exact) mass is 410 g/mol. The summed E-state index contributed by atoms with van der Waals surface area (Å²) < 4.78 is 31.1. The van der Waals surface area contributed by atoms with Gasteiger partial charge in [-0.05, 0) is 50.2 Å². The molecule has 8 heteroatoms. The lowest BCUT2D eigenvalue weighted by Gasteiger charge is -2.28. The lowest BCUT2D eigenvalue weighted by molar-refractivity contribution is -0.121. The van der Waals surface area contributed by atoms with Crippen LogP contribution in [-0.2, 0) is 14.8 Å². The van der Waals surface area contributed by atoms with Gasteiger partial charge in [-0.1, -0.05) is 29.3 Å². The molecule has 0 fully saturated rings. The van der Waals surface area contributed by atoms with Gasteiger partial charge in [0.15, 0.2) is 0 Å². The first-order valence-corrected chi connectivity index (χ1v) is 10.6. The number of amides is 1. The summed E-state index contributed by atoms with van der Waals surface area (Å²) in [6.07, 6.45) is 1.08. The smallest absolute Gasteiger partial charge is 0.243 e. The normalized spacial score (nSPS) is 12.3. The van der Waals surface area contributed by atoms with E-state index in [9.17, 15) is 13.2 Å². The van der Waals surface area contributed by atoms with Crippen LogP contribution in [0.4, 0.5) is 5.69 Å². The van der Waals surface area contributed by atoms with Crippen molar-refractivity contribution in [3.63, 3.8) is 0 Å². The van der Waals surface area contributed by atoms with E-state index < -0.39 is 22.0 Å². The Balaban J connectivity index is 1.96. The van der Waals surface area contributed by atoms with E-state index in [-0.39, 0.29) is 13.2 Å². The zero-order valence-corrected chi connectivity index (χ0v) is 17.0. The zero-order chi connectivity index (χ0) is 20.0. The molecule has 6 nitrogen and oxygen atoms in total. The van der Waals surface area contributed by atoms with Gasteiger partial charge < -0.3 is 10.1 Å². The minimum atomic E-state index is -3.62. The lowest BCUT2D eigenvalue weighted by Crippen LogP contribution is -2.48. The molecular formula is C19H23ClN2O4S. The van der Waals surface area contributed by atoms with Gasteiger partial charge in [-0.2, -0.15) is 0 Å². The van der Waals surface area contributed by atoms with Crippen LogP contribution in [0.3, 0.4) is 0 Å². The number of carbonyl (C=O) groups is 1. The number of aryl methyl sites for hydroxylation is 1. The molecule has 1 unspecified atom stereocenters. The van der Waals surface area contributed by atoms with Crippen molar-refractivity contribution in [2.24, 2.45) is 0 Å². The molecule has 2 rings (SSSR count). The molecule has 0 saturated heterocycles. The van der Waals surface area contributed by atoms with E-state index in [0.717, 1.165) is 16.1 Å². The fourth-order valence-corrected chi connectivity index (χ4v) is 3.82. The molecule has 1 N–H and O–H groups in total. The third kappa shape index (κ3) is 6.15. The Morgan fingerprint density at radius 2 is 1.74 bits per heavy atom. The fraction of sp³-hybridized carbons (Fsp3) is 0.316. The van der Waals surface area contributed by atoms with E-state index in [2.05, 4.69) is 5.32 Å². The number of anilines is 1. The number of sulfonamides is 1. The quantitative estimate of drug-likeness (QED) is 0.679. The predicted molar refractivity (Wildman–Crippen MR) is 108 cm³/mol. The van der Waals surface area contributed by atoms with Gasteiger partial charge in [0, 0.05) is 5.02 Å². The van der Waals surface area contributed by atoms with Crippen molar-refractivity contribution in [2.45, 2.75) is 19.9 Å². The maximum atomic E-state index is 12.4. The molecule has 0 spiro atoms. The Kier molecular flexibility index (Phi) is 7.10. The van der Waals surface area contributed by atoms with Gasteiger partial charge in [0.1, 0.15) is 18.4 Å². The fourth-order valence-electron chi connectivity index (χ4n) is 2.52. The second-order valence-corrected chi connectivity index (χ2v) is 8.46. The van der Waals surface area contributed by atoms with Crippen molar-refractivity contribution in [2.75, 3.05) is 23.7 Å². The number of ether oxygens (including phenoxy) is 1. The Bertz CT molecular complexity index is 868. The minimum Gasteiger partial charge on any atom is -0.492 e. The van der Waals surface area contributed by atoms with Crippen LogP contribution < -0.4 is 14.4 Å². The number of carbonyl (C=O) groups excluding carboxylic acids is 1. The third-order valence-electron chi connectivity index (χ3n) is 3.86. The van der Waals surface area contributed by atoms with Gasteiger partial charge in [-0.15, -0.1) is 0 Å². The van der Waals surface area contributed by atoms with Crippen LogP contribution in [0.5, 0.6) is 5.75 Å². The Labute approximate surface area is 165 Å². The molecule has 0 aliphatic carbocycles. The van der Waals surface area contributed by atoms with Gasteiger partial charge in [0.25, 0.3) is 0 Å². The molecular weight excluding hydrogens is 388 g/mol. The van der Waals surface area contributed by atoms with Crippen molar-refractivity contribution in [3.8, 4) is 5.75 Å². The Hall–Kier alpha value is -2.25. The third-order valence-corrected chi connectivity index (χ3v) is 5.35. The molecule has 2 aromatic carbocycles. The van der Waals surface area contributed by atoms with Crippen LogP contribution >= 0.6 is 11.6 Å². The Morgan fingerprint density at radius 3 is 2.30 bits per heavy atom. The lowest BCUT2D eigenvalue weighted by atomic mass is 10.2. The molecule has 0 bridgehead atoms. The van der Waals surface area contributed by atoms with Crippen molar-refractivity contribution in [1.82, 2.24) is 5.32 Å². The number of halogens is 1. The van der Waals surface area contributed by atoms with Crippen LogP contribution in [-0.4, -0.2) is 39.8 Å².